The highest BCUT2D eigenvalue weighted by molar-refractivity contribution is 7.12. The fourth-order valence-corrected chi connectivity index (χ4v) is 2.82. The lowest BCUT2D eigenvalue weighted by Crippen LogP contribution is -2.31. The largest absolute Gasteiger partial charge is 0.508 e. The van der Waals surface area contributed by atoms with Gasteiger partial charge < -0.3 is 10.0 Å². The maximum absolute atomic E-state index is 11.7. The molecule has 6 heteroatoms. The van der Waals surface area contributed by atoms with E-state index in [4.69, 9.17) is 5.84 Å². The molecule has 0 aliphatic heterocycles. The molecule has 20 heavy (non-hydrogen) atoms. The lowest BCUT2D eigenvalue weighted by molar-refractivity contribution is 0.0957. The van der Waals surface area contributed by atoms with Crippen LogP contribution >= 0.6 is 11.3 Å². The molecule has 0 bridgehead atoms. The van der Waals surface area contributed by atoms with Gasteiger partial charge in [-0.2, -0.15) is 0 Å². The van der Waals surface area contributed by atoms with E-state index in [0.29, 0.717) is 11.4 Å². The van der Waals surface area contributed by atoms with E-state index >= 15 is 0 Å². The summed E-state index contributed by atoms with van der Waals surface area (Å²) in [6, 6.07) is 8.99. The van der Waals surface area contributed by atoms with Gasteiger partial charge in [0.2, 0.25) is 0 Å². The number of nitrogens with two attached hydrogens (primary N) is 1. The summed E-state index contributed by atoms with van der Waals surface area (Å²) in [4.78, 5) is 14.4. The van der Waals surface area contributed by atoms with Gasteiger partial charge in [0.15, 0.2) is 0 Å². The third kappa shape index (κ3) is 3.09. The molecule has 0 unspecified atom stereocenters. The second-order valence-electron chi connectivity index (χ2n) is 4.28. The number of benzene rings is 1. The number of aromatic hydroxyl groups is 1. The second kappa shape index (κ2) is 6.40. The highest BCUT2D eigenvalue weighted by Crippen LogP contribution is 2.24. The number of carbonyl (C=O) groups excluding carboxylic acids is 1. The summed E-state index contributed by atoms with van der Waals surface area (Å²) in [5.41, 5.74) is 4.00. The van der Waals surface area contributed by atoms with Gasteiger partial charge in [-0.1, -0.05) is 6.07 Å². The average molecular weight is 291 g/mol. The van der Waals surface area contributed by atoms with Crippen LogP contribution in [0.25, 0.3) is 0 Å². The molecule has 0 fully saturated rings. The number of phenolic OH excluding ortho intramolecular Hbond substituents is 1. The van der Waals surface area contributed by atoms with Crippen molar-refractivity contribution in [1.82, 2.24) is 5.43 Å². The number of carbonyl (C=O) groups is 1. The van der Waals surface area contributed by atoms with Crippen molar-refractivity contribution in [2.45, 2.75) is 13.5 Å². The normalized spacial score (nSPS) is 10.3. The first-order chi connectivity index (χ1) is 9.65. The summed E-state index contributed by atoms with van der Waals surface area (Å²) >= 11 is 1.36. The summed E-state index contributed by atoms with van der Waals surface area (Å²) < 4.78 is 0. The van der Waals surface area contributed by atoms with E-state index in [1.807, 2.05) is 24.4 Å². The van der Waals surface area contributed by atoms with Gasteiger partial charge in [-0.05, 0) is 36.1 Å². The molecular weight excluding hydrogens is 274 g/mol. The lowest BCUT2D eigenvalue weighted by atomic mass is 10.2. The summed E-state index contributed by atoms with van der Waals surface area (Å²) in [7, 11) is 0. The minimum atomic E-state index is -0.276. The first-order valence-corrected chi connectivity index (χ1v) is 7.15. The van der Waals surface area contributed by atoms with Gasteiger partial charge in [-0.25, -0.2) is 5.84 Å². The molecule has 1 amide bonds. The van der Waals surface area contributed by atoms with Crippen molar-refractivity contribution in [1.29, 1.82) is 0 Å². The molecule has 0 saturated carbocycles. The molecule has 4 N–H and O–H groups in total. The third-order valence-corrected chi connectivity index (χ3v) is 3.98. The molecule has 1 aromatic heterocycles. The molecule has 0 saturated heterocycles. The van der Waals surface area contributed by atoms with Crippen LogP contribution in [-0.4, -0.2) is 17.6 Å². The van der Waals surface area contributed by atoms with E-state index in [1.54, 1.807) is 18.2 Å². The summed E-state index contributed by atoms with van der Waals surface area (Å²) in [6.07, 6.45) is 0. The van der Waals surface area contributed by atoms with Gasteiger partial charge in [0, 0.05) is 24.8 Å². The topological polar surface area (TPSA) is 78.6 Å². The summed E-state index contributed by atoms with van der Waals surface area (Å²) in [5, 5.41) is 11.4. The molecule has 5 nitrogen and oxygen atoms in total. The molecule has 0 aliphatic rings. The van der Waals surface area contributed by atoms with Crippen LogP contribution in [0.5, 0.6) is 5.75 Å². The van der Waals surface area contributed by atoms with Crippen molar-refractivity contribution in [3.8, 4) is 5.75 Å². The number of hydrogen-bond acceptors (Lipinski definition) is 5. The Hall–Kier alpha value is -2.05. The van der Waals surface area contributed by atoms with Gasteiger partial charge in [0.1, 0.15) is 5.75 Å². The van der Waals surface area contributed by atoms with Crippen LogP contribution in [0.15, 0.2) is 35.7 Å². The number of nitrogen functional groups attached to an aromatic ring is 1. The minimum absolute atomic E-state index is 0.228. The molecule has 0 radical (unpaired) electrons. The van der Waals surface area contributed by atoms with Crippen molar-refractivity contribution in [2.24, 2.45) is 5.84 Å². The zero-order valence-corrected chi connectivity index (χ0v) is 12.0. The molecular formula is C14H17N3O2S. The Morgan fingerprint density at radius 3 is 2.90 bits per heavy atom. The minimum Gasteiger partial charge on any atom is -0.508 e. The van der Waals surface area contributed by atoms with Gasteiger partial charge in [-0.3, -0.25) is 10.2 Å². The zero-order chi connectivity index (χ0) is 14.5. The number of amides is 1. The molecule has 1 aromatic carbocycles. The highest BCUT2D eigenvalue weighted by Gasteiger charge is 2.15. The standard InChI is InChI=1S/C14H17N3O2S/c1-2-17(11-4-3-5-12(18)8-11)9-10-6-7-20-13(10)14(19)16-15/h3-8,18H,2,9,15H2,1H3,(H,16,19). The monoisotopic (exact) mass is 291 g/mol. The number of hydrogen-bond donors (Lipinski definition) is 3. The Morgan fingerprint density at radius 2 is 2.25 bits per heavy atom. The number of thiophene rings is 1. The van der Waals surface area contributed by atoms with Crippen LogP contribution in [0.3, 0.4) is 0 Å². The van der Waals surface area contributed by atoms with E-state index in [9.17, 15) is 9.90 Å². The first-order valence-electron chi connectivity index (χ1n) is 6.27. The number of nitrogens with zero attached hydrogens (tertiary/aromatic N) is 1. The van der Waals surface area contributed by atoms with Gasteiger partial charge in [0.25, 0.3) is 5.91 Å². The fraction of sp³-hybridized carbons (Fsp3) is 0.214. The van der Waals surface area contributed by atoms with E-state index in [2.05, 4.69) is 10.3 Å². The van der Waals surface area contributed by atoms with E-state index < -0.39 is 0 Å². The van der Waals surface area contributed by atoms with E-state index in [1.165, 1.54) is 11.3 Å². The maximum atomic E-state index is 11.7. The Labute approximate surface area is 121 Å². The predicted octanol–water partition coefficient (Wildman–Crippen LogP) is 2.08. The maximum Gasteiger partial charge on any atom is 0.275 e. The van der Waals surface area contributed by atoms with Crippen LogP contribution in [0.2, 0.25) is 0 Å². The van der Waals surface area contributed by atoms with Crippen LogP contribution in [-0.2, 0) is 6.54 Å². The Morgan fingerprint density at radius 1 is 1.45 bits per heavy atom. The van der Waals surface area contributed by atoms with E-state index in [-0.39, 0.29) is 11.7 Å². The van der Waals surface area contributed by atoms with Crippen molar-refractivity contribution in [3.05, 3.63) is 46.2 Å². The average Bonchev–Trinajstić information content (AvgIpc) is 2.92. The number of hydrazine groups is 1. The van der Waals surface area contributed by atoms with Crippen LogP contribution < -0.4 is 16.2 Å². The first kappa shape index (κ1) is 14.4. The van der Waals surface area contributed by atoms with Crippen molar-refractivity contribution in [2.75, 3.05) is 11.4 Å². The van der Waals surface area contributed by atoms with Crippen LogP contribution in [0.4, 0.5) is 5.69 Å². The Balaban J connectivity index is 2.23. The molecule has 2 aromatic rings. The Bertz CT molecular complexity index is 598. The van der Waals surface area contributed by atoms with Crippen molar-refractivity contribution in [3.63, 3.8) is 0 Å². The predicted molar refractivity (Wildman–Crippen MR) is 80.8 cm³/mol. The van der Waals surface area contributed by atoms with Gasteiger partial charge in [0.05, 0.1) is 4.88 Å². The molecule has 0 spiro atoms. The van der Waals surface area contributed by atoms with E-state index in [0.717, 1.165) is 17.8 Å². The SMILES string of the molecule is CCN(Cc1ccsc1C(=O)NN)c1cccc(O)c1. The van der Waals surface area contributed by atoms with Gasteiger partial charge in [-0.15, -0.1) is 11.3 Å². The summed E-state index contributed by atoms with van der Waals surface area (Å²) in [5.74, 6) is 5.14. The second-order valence-corrected chi connectivity index (χ2v) is 5.20. The number of rotatable bonds is 5. The zero-order valence-electron chi connectivity index (χ0n) is 11.2. The number of phenols is 1. The number of anilines is 1. The fourth-order valence-electron chi connectivity index (χ4n) is 2.01. The van der Waals surface area contributed by atoms with Crippen molar-refractivity contribution < 1.29 is 9.90 Å². The molecule has 1 heterocycles. The molecule has 106 valence electrons. The number of nitrogens with one attached hydrogen (secondary N) is 1. The van der Waals surface area contributed by atoms with Gasteiger partial charge >= 0.3 is 0 Å². The smallest absolute Gasteiger partial charge is 0.275 e. The molecule has 0 atom stereocenters. The highest BCUT2D eigenvalue weighted by atomic mass is 32.1. The Kier molecular flexibility index (Phi) is 4.60. The van der Waals surface area contributed by atoms with Crippen LogP contribution in [0.1, 0.15) is 22.2 Å². The molecule has 2 rings (SSSR count). The van der Waals surface area contributed by atoms with Crippen LogP contribution in [0, 0.1) is 0 Å². The quantitative estimate of drug-likeness (QED) is 0.448. The molecule has 0 aliphatic carbocycles. The summed E-state index contributed by atoms with van der Waals surface area (Å²) in [6.45, 7) is 3.38. The lowest BCUT2D eigenvalue weighted by Gasteiger charge is -2.23. The third-order valence-electron chi connectivity index (χ3n) is 3.02. The van der Waals surface area contributed by atoms with Crippen molar-refractivity contribution >= 4 is 22.9 Å².